The number of halogens is 1. The largest absolute Gasteiger partial charge is 0.263 e. The minimum Gasteiger partial charge on any atom is -0.263 e. The molecule has 4 nitrogen and oxygen atoms in total. The van der Waals surface area contributed by atoms with Gasteiger partial charge in [0.1, 0.15) is 4.90 Å². The van der Waals surface area contributed by atoms with Gasteiger partial charge in [0.2, 0.25) is 10.0 Å². The van der Waals surface area contributed by atoms with E-state index in [1.807, 2.05) is 0 Å². The van der Waals surface area contributed by atoms with E-state index < -0.39 is 10.0 Å². The van der Waals surface area contributed by atoms with Crippen LogP contribution in [0, 0.1) is 5.92 Å². The molecule has 0 aliphatic heterocycles. The lowest BCUT2D eigenvalue weighted by Gasteiger charge is -2.13. The predicted octanol–water partition coefficient (Wildman–Crippen LogP) is 2.17. The van der Waals surface area contributed by atoms with Crippen molar-refractivity contribution in [3.8, 4) is 0 Å². The van der Waals surface area contributed by atoms with Crippen molar-refractivity contribution < 1.29 is 8.42 Å². The van der Waals surface area contributed by atoms with E-state index in [4.69, 9.17) is 0 Å². The molecule has 0 aliphatic rings. The standard InChI is InChI=1S/C11H17BrN2O2S/c1-9(2)6-10(12)7-14-17(15,16)11-4-3-5-13-8-11/h3-5,8-10,14H,6-7H2,1-2H3. The monoisotopic (exact) mass is 320 g/mol. The zero-order chi connectivity index (χ0) is 12.9. The summed E-state index contributed by atoms with van der Waals surface area (Å²) >= 11 is 3.46. The van der Waals surface area contributed by atoms with Crippen molar-refractivity contribution >= 4 is 26.0 Å². The number of pyridine rings is 1. The van der Waals surface area contributed by atoms with Gasteiger partial charge in [-0.2, -0.15) is 0 Å². The molecule has 6 heteroatoms. The fourth-order valence-corrected chi connectivity index (χ4v) is 3.55. The summed E-state index contributed by atoms with van der Waals surface area (Å²) < 4.78 is 26.3. The van der Waals surface area contributed by atoms with E-state index >= 15 is 0 Å². The fraction of sp³-hybridized carbons (Fsp3) is 0.545. The first kappa shape index (κ1) is 14.6. The number of hydrogen-bond donors (Lipinski definition) is 1. The van der Waals surface area contributed by atoms with E-state index in [0.717, 1.165) is 6.42 Å². The fourth-order valence-electron chi connectivity index (χ4n) is 1.38. The van der Waals surface area contributed by atoms with Crippen LogP contribution in [0.15, 0.2) is 29.4 Å². The van der Waals surface area contributed by atoms with Gasteiger partial charge in [-0.15, -0.1) is 0 Å². The molecule has 1 aromatic heterocycles. The molecule has 1 N–H and O–H groups in total. The van der Waals surface area contributed by atoms with Gasteiger partial charge in [-0.25, -0.2) is 13.1 Å². The smallest absolute Gasteiger partial charge is 0.242 e. The Bertz CT molecular complexity index is 434. The third-order valence-corrected chi connectivity index (χ3v) is 4.27. The van der Waals surface area contributed by atoms with E-state index in [9.17, 15) is 8.42 Å². The van der Waals surface area contributed by atoms with Crippen molar-refractivity contribution in [2.24, 2.45) is 5.92 Å². The third-order valence-electron chi connectivity index (χ3n) is 2.17. The van der Waals surface area contributed by atoms with E-state index in [-0.39, 0.29) is 9.72 Å². The van der Waals surface area contributed by atoms with Crippen molar-refractivity contribution in [2.45, 2.75) is 30.0 Å². The summed E-state index contributed by atoms with van der Waals surface area (Å²) in [6.45, 7) is 4.59. The molecule has 17 heavy (non-hydrogen) atoms. The Hall–Kier alpha value is -0.460. The first-order valence-electron chi connectivity index (χ1n) is 5.45. The van der Waals surface area contributed by atoms with Gasteiger partial charge < -0.3 is 0 Å². The Labute approximate surface area is 111 Å². The molecular weight excluding hydrogens is 304 g/mol. The highest BCUT2D eigenvalue weighted by Gasteiger charge is 2.16. The van der Waals surface area contributed by atoms with Crippen LogP contribution in [0.5, 0.6) is 0 Å². The second-order valence-corrected chi connectivity index (χ2v) is 7.33. The van der Waals surface area contributed by atoms with Crippen LogP contribution in [0.4, 0.5) is 0 Å². The van der Waals surface area contributed by atoms with Crippen molar-refractivity contribution in [3.63, 3.8) is 0 Å². The number of aromatic nitrogens is 1. The van der Waals surface area contributed by atoms with Crippen molar-refractivity contribution in [1.82, 2.24) is 9.71 Å². The Morgan fingerprint density at radius 1 is 1.47 bits per heavy atom. The molecule has 1 rings (SSSR count). The van der Waals surface area contributed by atoms with Gasteiger partial charge in [-0.1, -0.05) is 29.8 Å². The van der Waals surface area contributed by atoms with Crippen LogP contribution in [0.1, 0.15) is 20.3 Å². The molecular formula is C11H17BrN2O2S. The highest BCUT2D eigenvalue weighted by Crippen LogP contribution is 2.13. The molecule has 1 atom stereocenters. The molecule has 0 saturated carbocycles. The Balaban J connectivity index is 2.57. The first-order chi connectivity index (χ1) is 7.92. The number of sulfonamides is 1. The van der Waals surface area contributed by atoms with Crippen LogP contribution in [0.2, 0.25) is 0 Å². The van der Waals surface area contributed by atoms with Crippen LogP contribution in [0.3, 0.4) is 0 Å². The number of nitrogens with zero attached hydrogens (tertiary/aromatic N) is 1. The van der Waals surface area contributed by atoms with Crippen LogP contribution in [-0.2, 0) is 10.0 Å². The summed E-state index contributed by atoms with van der Waals surface area (Å²) in [5.74, 6) is 0.530. The highest BCUT2D eigenvalue weighted by atomic mass is 79.9. The molecule has 0 spiro atoms. The SMILES string of the molecule is CC(C)CC(Br)CNS(=O)(=O)c1cccnc1. The molecule has 0 saturated heterocycles. The van der Waals surface area contributed by atoms with E-state index in [1.54, 1.807) is 12.3 Å². The Kier molecular flexibility index (Phi) is 5.55. The van der Waals surface area contributed by atoms with Gasteiger partial charge in [0.15, 0.2) is 0 Å². The van der Waals surface area contributed by atoms with Gasteiger partial charge in [-0.05, 0) is 24.5 Å². The van der Waals surface area contributed by atoms with Gasteiger partial charge in [0.25, 0.3) is 0 Å². The number of nitrogens with one attached hydrogen (secondary N) is 1. The maximum Gasteiger partial charge on any atom is 0.242 e. The Morgan fingerprint density at radius 2 is 2.18 bits per heavy atom. The average molecular weight is 321 g/mol. The molecule has 1 unspecified atom stereocenters. The number of alkyl halides is 1. The summed E-state index contributed by atoms with van der Waals surface area (Å²) in [6, 6.07) is 3.13. The summed E-state index contributed by atoms with van der Waals surface area (Å²) in [5, 5.41) is 0. The van der Waals surface area contributed by atoms with Crippen molar-refractivity contribution in [3.05, 3.63) is 24.5 Å². The van der Waals surface area contributed by atoms with E-state index in [0.29, 0.717) is 12.5 Å². The van der Waals surface area contributed by atoms with Crippen molar-refractivity contribution in [2.75, 3.05) is 6.54 Å². The molecule has 0 bridgehead atoms. The number of hydrogen-bond acceptors (Lipinski definition) is 3. The summed E-state index contributed by atoms with van der Waals surface area (Å²) in [7, 11) is -3.43. The summed E-state index contributed by atoms with van der Waals surface area (Å²) in [6.07, 6.45) is 3.81. The van der Waals surface area contributed by atoms with E-state index in [2.05, 4.69) is 39.5 Å². The maximum atomic E-state index is 11.9. The first-order valence-corrected chi connectivity index (χ1v) is 7.85. The molecule has 0 fully saturated rings. The maximum absolute atomic E-state index is 11.9. The van der Waals surface area contributed by atoms with Gasteiger partial charge in [0, 0.05) is 23.8 Å². The lowest BCUT2D eigenvalue weighted by Crippen LogP contribution is -2.30. The molecule has 0 aliphatic carbocycles. The normalized spacial score (nSPS) is 13.9. The second-order valence-electron chi connectivity index (χ2n) is 4.27. The van der Waals surface area contributed by atoms with E-state index in [1.165, 1.54) is 12.3 Å². The summed E-state index contributed by atoms with van der Waals surface area (Å²) in [4.78, 5) is 4.14. The lowest BCUT2D eigenvalue weighted by molar-refractivity contribution is 0.551. The highest BCUT2D eigenvalue weighted by molar-refractivity contribution is 9.09. The third kappa shape index (κ3) is 5.14. The van der Waals surface area contributed by atoms with Crippen LogP contribution in [-0.4, -0.2) is 24.8 Å². The molecule has 96 valence electrons. The van der Waals surface area contributed by atoms with Gasteiger partial charge in [0.05, 0.1) is 0 Å². The zero-order valence-corrected chi connectivity index (χ0v) is 12.3. The van der Waals surface area contributed by atoms with Gasteiger partial charge in [-0.3, -0.25) is 4.98 Å². The lowest BCUT2D eigenvalue weighted by atomic mass is 10.1. The minimum absolute atomic E-state index is 0.147. The molecule has 0 aromatic carbocycles. The quantitative estimate of drug-likeness (QED) is 0.817. The van der Waals surface area contributed by atoms with Crippen LogP contribution >= 0.6 is 15.9 Å². The van der Waals surface area contributed by atoms with Crippen LogP contribution < -0.4 is 4.72 Å². The van der Waals surface area contributed by atoms with Crippen LogP contribution in [0.25, 0.3) is 0 Å². The topological polar surface area (TPSA) is 59.1 Å². The van der Waals surface area contributed by atoms with Crippen molar-refractivity contribution in [1.29, 1.82) is 0 Å². The molecule has 1 aromatic rings. The Morgan fingerprint density at radius 3 is 2.71 bits per heavy atom. The predicted molar refractivity (Wildman–Crippen MR) is 71.6 cm³/mol. The van der Waals surface area contributed by atoms with Gasteiger partial charge >= 0.3 is 0 Å². The summed E-state index contributed by atoms with van der Waals surface area (Å²) in [5.41, 5.74) is 0. The molecule has 0 radical (unpaired) electrons. The zero-order valence-electron chi connectivity index (χ0n) is 9.93. The average Bonchev–Trinajstić information content (AvgIpc) is 2.27. The molecule has 1 heterocycles. The molecule has 0 amide bonds. The minimum atomic E-state index is -3.43. The second kappa shape index (κ2) is 6.47. The number of rotatable bonds is 6.